The molecule has 2 amide bonds. The number of carbonyl (C=O) groups is 3. The van der Waals surface area contributed by atoms with Gasteiger partial charge in [0.05, 0.1) is 5.92 Å². The number of benzene rings is 2. The second-order valence-corrected chi connectivity index (χ2v) is 8.02. The number of rotatable bonds is 5. The fourth-order valence-electron chi connectivity index (χ4n) is 3.84. The van der Waals surface area contributed by atoms with Crippen LogP contribution in [-0.4, -0.2) is 48.7 Å². The normalized spacial score (nSPS) is 16.4. The van der Waals surface area contributed by atoms with Gasteiger partial charge in [0.1, 0.15) is 0 Å². The standard InChI is InChI=1S/C24H26N2O6/c1-15-5-3-4-6-19(15)23(28)26-11-9-17(10-12-26)24(29)32-16(2)22(27)25-18-7-8-20-21(13-18)31-14-30-20/h3-8,13,16-17H,9-12,14H2,1-2H3,(H,25,27)/t16-/m1/s1. The molecule has 4 rings (SSSR count). The number of hydrogen-bond donors (Lipinski definition) is 1. The molecule has 2 aliphatic heterocycles. The zero-order valence-electron chi connectivity index (χ0n) is 18.1. The van der Waals surface area contributed by atoms with Gasteiger partial charge >= 0.3 is 5.97 Å². The Morgan fingerprint density at radius 1 is 1.06 bits per heavy atom. The Kier molecular flexibility index (Phi) is 6.30. The van der Waals surface area contributed by atoms with Crippen LogP contribution in [0.25, 0.3) is 0 Å². The topological polar surface area (TPSA) is 94.2 Å². The van der Waals surface area contributed by atoms with E-state index in [2.05, 4.69) is 5.32 Å². The van der Waals surface area contributed by atoms with Crippen LogP contribution < -0.4 is 14.8 Å². The van der Waals surface area contributed by atoms with Crippen molar-refractivity contribution in [3.05, 3.63) is 53.6 Å². The number of carbonyl (C=O) groups excluding carboxylic acids is 3. The smallest absolute Gasteiger partial charge is 0.309 e. The van der Waals surface area contributed by atoms with Crippen LogP contribution in [0.4, 0.5) is 5.69 Å². The van der Waals surface area contributed by atoms with Crippen molar-refractivity contribution in [1.29, 1.82) is 0 Å². The number of anilines is 1. The Balaban J connectivity index is 1.26. The summed E-state index contributed by atoms with van der Waals surface area (Å²) in [7, 11) is 0. The molecule has 32 heavy (non-hydrogen) atoms. The summed E-state index contributed by atoms with van der Waals surface area (Å²) in [4.78, 5) is 39.5. The first-order valence-corrected chi connectivity index (χ1v) is 10.7. The molecule has 0 saturated carbocycles. The third-order valence-corrected chi connectivity index (χ3v) is 5.79. The number of piperidine rings is 1. The number of nitrogens with zero attached hydrogens (tertiary/aromatic N) is 1. The molecule has 0 radical (unpaired) electrons. The average molecular weight is 438 g/mol. The molecule has 1 saturated heterocycles. The highest BCUT2D eigenvalue weighted by Gasteiger charge is 2.31. The summed E-state index contributed by atoms with van der Waals surface area (Å²) in [5, 5.41) is 2.72. The molecule has 1 N–H and O–H groups in total. The van der Waals surface area contributed by atoms with E-state index < -0.39 is 18.0 Å². The van der Waals surface area contributed by atoms with Gasteiger partial charge in [-0.3, -0.25) is 14.4 Å². The third kappa shape index (κ3) is 4.69. The van der Waals surface area contributed by atoms with Crippen LogP contribution in [0.5, 0.6) is 11.5 Å². The lowest BCUT2D eigenvalue weighted by molar-refractivity contribution is -0.158. The van der Waals surface area contributed by atoms with Crippen LogP contribution >= 0.6 is 0 Å². The highest BCUT2D eigenvalue weighted by atomic mass is 16.7. The number of esters is 1. The molecule has 8 nitrogen and oxygen atoms in total. The summed E-state index contributed by atoms with van der Waals surface area (Å²) in [6.07, 6.45) is 0.0689. The van der Waals surface area contributed by atoms with Crippen LogP contribution in [0.3, 0.4) is 0 Å². The van der Waals surface area contributed by atoms with Gasteiger partial charge in [-0.25, -0.2) is 0 Å². The summed E-state index contributed by atoms with van der Waals surface area (Å²) >= 11 is 0. The lowest BCUT2D eigenvalue weighted by atomic mass is 9.96. The van der Waals surface area contributed by atoms with Gasteiger partial charge in [-0.2, -0.15) is 0 Å². The second-order valence-electron chi connectivity index (χ2n) is 8.02. The number of fused-ring (bicyclic) bond motifs is 1. The minimum absolute atomic E-state index is 0.0219. The van der Waals surface area contributed by atoms with E-state index >= 15 is 0 Å². The van der Waals surface area contributed by atoms with E-state index in [9.17, 15) is 14.4 Å². The minimum Gasteiger partial charge on any atom is -0.454 e. The molecule has 2 aromatic rings. The molecule has 0 aliphatic carbocycles. The summed E-state index contributed by atoms with van der Waals surface area (Å²) in [5.41, 5.74) is 2.15. The molecule has 2 heterocycles. The Morgan fingerprint density at radius 2 is 1.78 bits per heavy atom. The van der Waals surface area contributed by atoms with Gasteiger partial charge in [-0.15, -0.1) is 0 Å². The van der Waals surface area contributed by atoms with Gasteiger partial charge < -0.3 is 24.4 Å². The third-order valence-electron chi connectivity index (χ3n) is 5.79. The van der Waals surface area contributed by atoms with Gasteiger partial charge in [-0.1, -0.05) is 18.2 Å². The van der Waals surface area contributed by atoms with Crippen LogP contribution in [0.15, 0.2) is 42.5 Å². The number of aryl methyl sites for hydroxylation is 1. The van der Waals surface area contributed by atoms with Gasteiger partial charge in [0.15, 0.2) is 17.6 Å². The highest BCUT2D eigenvalue weighted by Crippen LogP contribution is 2.34. The van der Waals surface area contributed by atoms with Crippen molar-refractivity contribution in [2.24, 2.45) is 5.92 Å². The quantitative estimate of drug-likeness (QED) is 0.721. The number of hydrogen-bond acceptors (Lipinski definition) is 6. The Bertz CT molecular complexity index is 1030. The summed E-state index contributed by atoms with van der Waals surface area (Å²) in [5.74, 6) is -0.0250. The summed E-state index contributed by atoms with van der Waals surface area (Å²) in [6.45, 7) is 4.55. The molecule has 8 heteroatoms. The number of amides is 2. The minimum atomic E-state index is -0.945. The van der Waals surface area contributed by atoms with Crippen molar-refractivity contribution in [2.45, 2.75) is 32.8 Å². The van der Waals surface area contributed by atoms with Crippen LogP contribution in [0, 0.1) is 12.8 Å². The maximum Gasteiger partial charge on any atom is 0.309 e. The maximum atomic E-state index is 12.7. The number of likely N-dealkylation sites (tertiary alicyclic amines) is 1. The Labute approximate surface area is 186 Å². The van der Waals surface area contributed by atoms with E-state index in [0.29, 0.717) is 48.7 Å². The van der Waals surface area contributed by atoms with Crippen molar-refractivity contribution in [2.75, 3.05) is 25.2 Å². The van der Waals surface area contributed by atoms with Crippen LogP contribution in [-0.2, 0) is 14.3 Å². The van der Waals surface area contributed by atoms with Crippen molar-refractivity contribution in [3.8, 4) is 11.5 Å². The molecule has 1 atom stereocenters. The van der Waals surface area contributed by atoms with Gasteiger partial charge in [0.25, 0.3) is 11.8 Å². The molecule has 168 valence electrons. The maximum absolute atomic E-state index is 12.7. The first kappa shape index (κ1) is 21.7. The summed E-state index contributed by atoms with van der Waals surface area (Å²) in [6, 6.07) is 12.5. The monoisotopic (exact) mass is 438 g/mol. The molecule has 0 spiro atoms. The van der Waals surface area contributed by atoms with E-state index in [0.717, 1.165) is 5.56 Å². The lowest BCUT2D eigenvalue weighted by Gasteiger charge is -2.31. The fraction of sp³-hybridized carbons (Fsp3) is 0.375. The second kappa shape index (κ2) is 9.30. The fourth-order valence-corrected chi connectivity index (χ4v) is 3.84. The predicted molar refractivity (Wildman–Crippen MR) is 117 cm³/mol. The van der Waals surface area contributed by atoms with E-state index in [1.807, 2.05) is 31.2 Å². The van der Waals surface area contributed by atoms with Gasteiger partial charge in [-0.05, 0) is 50.5 Å². The number of ether oxygens (including phenoxy) is 3. The molecule has 0 aromatic heterocycles. The number of nitrogens with one attached hydrogen (secondary N) is 1. The molecule has 0 unspecified atom stereocenters. The molecule has 1 fully saturated rings. The van der Waals surface area contributed by atoms with Crippen molar-refractivity contribution in [3.63, 3.8) is 0 Å². The van der Waals surface area contributed by atoms with Gasteiger partial charge in [0, 0.05) is 30.4 Å². The van der Waals surface area contributed by atoms with Crippen molar-refractivity contribution < 1.29 is 28.6 Å². The van der Waals surface area contributed by atoms with Crippen LogP contribution in [0.2, 0.25) is 0 Å². The average Bonchev–Trinajstić information content (AvgIpc) is 3.27. The molecular weight excluding hydrogens is 412 g/mol. The summed E-state index contributed by atoms with van der Waals surface area (Å²) < 4.78 is 16.0. The van der Waals surface area contributed by atoms with E-state index in [-0.39, 0.29) is 18.6 Å². The lowest BCUT2D eigenvalue weighted by Crippen LogP contribution is -2.42. The van der Waals surface area contributed by atoms with Crippen LogP contribution in [0.1, 0.15) is 35.7 Å². The Morgan fingerprint density at radius 3 is 2.53 bits per heavy atom. The largest absolute Gasteiger partial charge is 0.454 e. The zero-order chi connectivity index (χ0) is 22.7. The SMILES string of the molecule is Cc1ccccc1C(=O)N1CCC(C(=O)O[C@H](C)C(=O)Nc2ccc3c(c2)OCO3)CC1. The molecular formula is C24H26N2O6. The van der Waals surface area contributed by atoms with Gasteiger partial charge in [0.2, 0.25) is 6.79 Å². The Hall–Kier alpha value is -3.55. The van der Waals surface area contributed by atoms with Crippen molar-refractivity contribution in [1.82, 2.24) is 4.90 Å². The highest BCUT2D eigenvalue weighted by molar-refractivity contribution is 5.96. The molecule has 0 bridgehead atoms. The van der Waals surface area contributed by atoms with E-state index in [4.69, 9.17) is 14.2 Å². The van der Waals surface area contributed by atoms with E-state index in [1.54, 1.807) is 23.1 Å². The molecule has 2 aliphatic rings. The predicted octanol–water partition coefficient (Wildman–Crippen LogP) is 3.15. The first-order valence-electron chi connectivity index (χ1n) is 10.7. The first-order chi connectivity index (χ1) is 15.4. The molecule has 2 aromatic carbocycles. The van der Waals surface area contributed by atoms with Crippen molar-refractivity contribution >= 4 is 23.5 Å². The zero-order valence-corrected chi connectivity index (χ0v) is 18.1. The van der Waals surface area contributed by atoms with E-state index in [1.165, 1.54) is 6.92 Å².